The number of amides is 1. The van der Waals surface area contributed by atoms with Crippen molar-refractivity contribution in [3.05, 3.63) is 27.6 Å². The number of aromatic nitrogens is 1. The summed E-state index contributed by atoms with van der Waals surface area (Å²) in [6.07, 6.45) is 2.34. The highest BCUT2D eigenvalue weighted by Gasteiger charge is 2.14. The Labute approximate surface area is 128 Å². The van der Waals surface area contributed by atoms with Gasteiger partial charge in [-0.05, 0) is 13.3 Å². The number of aliphatic hydroxyl groups is 1. The van der Waals surface area contributed by atoms with E-state index in [0.717, 1.165) is 9.88 Å². The highest BCUT2D eigenvalue weighted by Crippen LogP contribution is 2.11. The molecule has 0 saturated carbocycles. The highest BCUT2D eigenvalue weighted by atomic mass is 32.1. The molecule has 118 valence electrons. The van der Waals surface area contributed by atoms with Gasteiger partial charge in [-0.3, -0.25) is 4.79 Å². The first-order valence-electron chi connectivity index (χ1n) is 6.76. The third-order valence-electron chi connectivity index (χ3n) is 2.68. The Bertz CT molecular complexity index is 481. The number of rotatable bonds is 9. The first-order valence-corrected chi connectivity index (χ1v) is 7.58. The van der Waals surface area contributed by atoms with Crippen LogP contribution in [0.3, 0.4) is 0 Å². The van der Waals surface area contributed by atoms with Crippen molar-refractivity contribution in [1.29, 1.82) is 0 Å². The number of hydrogen-bond donors (Lipinski definition) is 5. The SMILES string of the molecule is CNC(NC)=C(NCc1ncc(C)s1)C(=O)NCCCO. The van der Waals surface area contributed by atoms with E-state index < -0.39 is 0 Å². The Hall–Kier alpha value is -1.80. The zero-order chi connectivity index (χ0) is 15.7. The summed E-state index contributed by atoms with van der Waals surface area (Å²) in [5, 5.41) is 21.4. The summed E-state index contributed by atoms with van der Waals surface area (Å²) in [7, 11) is 3.48. The van der Waals surface area contributed by atoms with Crippen LogP contribution in [0.25, 0.3) is 0 Å². The molecule has 0 fully saturated rings. The molecule has 0 saturated heterocycles. The van der Waals surface area contributed by atoms with Gasteiger partial charge in [-0.15, -0.1) is 11.3 Å². The molecule has 0 bridgehead atoms. The molecule has 1 amide bonds. The van der Waals surface area contributed by atoms with E-state index in [1.54, 1.807) is 25.4 Å². The Balaban J connectivity index is 2.73. The molecule has 1 aromatic rings. The van der Waals surface area contributed by atoms with Gasteiger partial charge >= 0.3 is 0 Å². The fourth-order valence-electron chi connectivity index (χ4n) is 1.67. The molecule has 1 aromatic heterocycles. The van der Waals surface area contributed by atoms with Crippen molar-refractivity contribution in [2.45, 2.75) is 19.9 Å². The molecule has 0 aromatic carbocycles. The number of aliphatic hydroxyl groups excluding tert-OH is 1. The van der Waals surface area contributed by atoms with Crippen LogP contribution in [-0.2, 0) is 11.3 Å². The van der Waals surface area contributed by atoms with Crippen molar-refractivity contribution in [3.8, 4) is 0 Å². The second kappa shape index (κ2) is 9.19. The fourth-order valence-corrected chi connectivity index (χ4v) is 2.40. The Morgan fingerprint density at radius 1 is 1.33 bits per heavy atom. The van der Waals surface area contributed by atoms with E-state index in [0.29, 0.717) is 31.0 Å². The maximum atomic E-state index is 12.2. The molecule has 0 aliphatic carbocycles. The summed E-state index contributed by atoms with van der Waals surface area (Å²) < 4.78 is 0. The van der Waals surface area contributed by atoms with E-state index in [1.807, 2.05) is 13.1 Å². The lowest BCUT2D eigenvalue weighted by Gasteiger charge is -2.16. The van der Waals surface area contributed by atoms with Gasteiger partial charge in [0.2, 0.25) is 0 Å². The molecule has 0 unspecified atom stereocenters. The highest BCUT2D eigenvalue weighted by molar-refractivity contribution is 7.11. The quantitative estimate of drug-likeness (QED) is 0.316. The fraction of sp³-hybridized carbons (Fsp3) is 0.538. The second-order valence-corrected chi connectivity index (χ2v) is 5.62. The summed E-state index contributed by atoms with van der Waals surface area (Å²) >= 11 is 1.59. The predicted molar refractivity (Wildman–Crippen MR) is 83.5 cm³/mol. The van der Waals surface area contributed by atoms with Crippen molar-refractivity contribution in [3.63, 3.8) is 0 Å². The molecule has 0 spiro atoms. The smallest absolute Gasteiger partial charge is 0.271 e. The number of aryl methyl sites for hydroxylation is 1. The predicted octanol–water partition coefficient (Wildman–Crippen LogP) is -0.352. The molecule has 21 heavy (non-hydrogen) atoms. The molecular formula is C13H23N5O2S. The molecule has 0 aliphatic heterocycles. The summed E-state index contributed by atoms with van der Waals surface area (Å²) in [5.41, 5.74) is 0.422. The summed E-state index contributed by atoms with van der Waals surface area (Å²) in [6.45, 7) is 2.95. The number of nitrogens with zero attached hydrogens (tertiary/aromatic N) is 1. The van der Waals surface area contributed by atoms with Crippen LogP contribution < -0.4 is 21.3 Å². The Kier molecular flexibility index (Phi) is 7.55. The summed E-state index contributed by atoms with van der Waals surface area (Å²) in [4.78, 5) is 17.6. The molecule has 0 radical (unpaired) electrons. The summed E-state index contributed by atoms with van der Waals surface area (Å²) in [5.74, 6) is 0.375. The monoisotopic (exact) mass is 313 g/mol. The third kappa shape index (κ3) is 5.60. The zero-order valence-electron chi connectivity index (χ0n) is 12.6. The maximum Gasteiger partial charge on any atom is 0.271 e. The number of nitrogens with one attached hydrogen (secondary N) is 4. The topological polar surface area (TPSA) is 98.3 Å². The van der Waals surface area contributed by atoms with Crippen molar-refractivity contribution in [1.82, 2.24) is 26.3 Å². The van der Waals surface area contributed by atoms with Gasteiger partial charge in [-0.25, -0.2) is 4.98 Å². The molecule has 1 heterocycles. The lowest BCUT2D eigenvalue weighted by atomic mass is 10.3. The van der Waals surface area contributed by atoms with Crippen LogP contribution in [0.2, 0.25) is 0 Å². The number of hydrogen-bond acceptors (Lipinski definition) is 7. The van der Waals surface area contributed by atoms with Crippen LogP contribution in [0.15, 0.2) is 17.7 Å². The van der Waals surface area contributed by atoms with Gasteiger partial charge in [0.05, 0.1) is 6.54 Å². The average Bonchev–Trinajstić information content (AvgIpc) is 2.89. The molecule has 8 heteroatoms. The number of thiazole rings is 1. The van der Waals surface area contributed by atoms with E-state index in [-0.39, 0.29) is 12.5 Å². The molecule has 7 nitrogen and oxygen atoms in total. The minimum atomic E-state index is -0.226. The minimum Gasteiger partial charge on any atom is -0.396 e. The lowest BCUT2D eigenvalue weighted by molar-refractivity contribution is -0.118. The van der Waals surface area contributed by atoms with Crippen LogP contribution >= 0.6 is 11.3 Å². The standard InChI is InChI=1S/C13H23N5O2S/c1-9-7-17-10(21-9)8-18-11(12(14-2)15-3)13(20)16-5-4-6-19/h7,14-15,18-19H,4-6,8H2,1-3H3,(H,16,20). The van der Waals surface area contributed by atoms with Crippen molar-refractivity contribution in [2.24, 2.45) is 0 Å². The normalized spacial score (nSPS) is 9.90. The van der Waals surface area contributed by atoms with E-state index in [1.165, 1.54) is 0 Å². The van der Waals surface area contributed by atoms with Crippen LogP contribution in [-0.4, -0.2) is 43.2 Å². The van der Waals surface area contributed by atoms with Crippen LogP contribution in [0, 0.1) is 6.92 Å². The van der Waals surface area contributed by atoms with Gasteiger partial charge in [0.1, 0.15) is 16.5 Å². The first kappa shape index (κ1) is 17.3. The van der Waals surface area contributed by atoms with E-state index >= 15 is 0 Å². The summed E-state index contributed by atoms with van der Waals surface area (Å²) in [6, 6.07) is 0. The zero-order valence-corrected chi connectivity index (χ0v) is 13.4. The molecule has 0 atom stereocenters. The van der Waals surface area contributed by atoms with Gasteiger partial charge in [-0.1, -0.05) is 0 Å². The van der Waals surface area contributed by atoms with Gasteiger partial charge < -0.3 is 26.4 Å². The molecule has 5 N–H and O–H groups in total. The van der Waals surface area contributed by atoms with Crippen LogP contribution in [0.4, 0.5) is 0 Å². The van der Waals surface area contributed by atoms with Crippen LogP contribution in [0.5, 0.6) is 0 Å². The van der Waals surface area contributed by atoms with Crippen molar-refractivity contribution >= 4 is 17.2 Å². The third-order valence-corrected chi connectivity index (χ3v) is 3.60. The van der Waals surface area contributed by atoms with Gasteiger partial charge in [0.25, 0.3) is 5.91 Å². The lowest BCUT2D eigenvalue weighted by Crippen LogP contribution is -2.38. The number of carbonyl (C=O) groups is 1. The molecule has 1 rings (SSSR count). The number of carbonyl (C=O) groups excluding carboxylic acids is 1. The van der Waals surface area contributed by atoms with E-state index in [2.05, 4.69) is 26.3 Å². The maximum absolute atomic E-state index is 12.2. The van der Waals surface area contributed by atoms with Crippen molar-refractivity contribution in [2.75, 3.05) is 27.2 Å². The molecular weight excluding hydrogens is 290 g/mol. The van der Waals surface area contributed by atoms with Crippen molar-refractivity contribution < 1.29 is 9.90 Å². The van der Waals surface area contributed by atoms with E-state index in [9.17, 15) is 4.79 Å². The molecule has 0 aliphatic rings. The van der Waals surface area contributed by atoms with Gasteiger partial charge in [0, 0.05) is 38.3 Å². The Morgan fingerprint density at radius 3 is 2.57 bits per heavy atom. The van der Waals surface area contributed by atoms with Gasteiger partial charge in [0.15, 0.2) is 0 Å². The Morgan fingerprint density at radius 2 is 2.05 bits per heavy atom. The minimum absolute atomic E-state index is 0.0516. The average molecular weight is 313 g/mol. The second-order valence-electron chi connectivity index (χ2n) is 4.30. The van der Waals surface area contributed by atoms with Gasteiger partial charge in [-0.2, -0.15) is 0 Å². The van der Waals surface area contributed by atoms with Crippen LogP contribution in [0.1, 0.15) is 16.3 Å². The first-order chi connectivity index (χ1) is 10.1. The van der Waals surface area contributed by atoms with E-state index in [4.69, 9.17) is 5.11 Å². The largest absolute Gasteiger partial charge is 0.396 e.